The normalized spacial score (nSPS) is 10.2. The molecule has 0 aliphatic carbocycles. The molecular formula is C19H18N4O3. The number of rotatable bonds is 6. The second-order valence-corrected chi connectivity index (χ2v) is 5.57. The van der Waals surface area contributed by atoms with Gasteiger partial charge in [0.15, 0.2) is 0 Å². The van der Waals surface area contributed by atoms with Crippen LogP contribution in [0, 0.1) is 6.92 Å². The zero-order valence-electron chi connectivity index (χ0n) is 14.4. The van der Waals surface area contributed by atoms with E-state index in [1.807, 2.05) is 25.1 Å². The molecule has 0 bridgehead atoms. The van der Waals surface area contributed by atoms with Crippen molar-refractivity contribution in [1.29, 1.82) is 0 Å². The number of aromatic carboxylic acids is 1. The average Bonchev–Trinajstić information content (AvgIpc) is 2.62. The summed E-state index contributed by atoms with van der Waals surface area (Å²) in [6.07, 6.45) is 1.59. The van der Waals surface area contributed by atoms with Gasteiger partial charge in [-0.05, 0) is 42.8 Å². The summed E-state index contributed by atoms with van der Waals surface area (Å²) in [5, 5.41) is 15.4. The molecule has 0 aliphatic heterocycles. The van der Waals surface area contributed by atoms with Crippen molar-refractivity contribution < 1.29 is 14.6 Å². The van der Waals surface area contributed by atoms with E-state index >= 15 is 0 Å². The van der Waals surface area contributed by atoms with E-state index in [0.29, 0.717) is 23.2 Å². The molecule has 2 aromatic carbocycles. The fourth-order valence-corrected chi connectivity index (χ4v) is 2.45. The van der Waals surface area contributed by atoms with E-state index in [4.69, 9.17) is 4.74 Å². The van der Waals surface area contributed by atoms with Crippen LogP contribution in [0.15, 0.2) is 54.7 Å². The molecule has 0 saturated carbocycles. The summed E-state index contributed by atoms with van der Waals surface area (Å²) in [5.74, 6) is 0.508. The van der Waals surface area contributed by atoms with Gasteiger partial charge in [-0.2, -0.15) is 4.98 Å². The second kappa shape index (κ2) is 7.52. The molecule has 26 heavy (non-hydrogen) atoms. The Morgan fingerprint density at radius 2 is 1.88 bits per heavy atom. The summed E-state index contributed by atoms with van der Waals surface area (Å²) in [6, 6.07) is 14.1. The SMILES string of the molecule is COc1ccc(C)cc1Nc1nccc(Nc2ccccc2C(=O)O)n1. The first kappa shape index (κ1) is 17.2. The highest BCUT2D eigenvalue weighted by atomic mass is 16.5. The maximum atomic E-state index is 11.3. The Morgan fingerprint density at radius 1 is 1.08 bits per heavy atom. The van der Waals surface area contributed by atoms with Crippen LogP contribution in [0.1, 0.15) is 15.9 Å². The highest BCUT2D eigenvalue weighted by Gasteiger charge is 2.10. The summed E-state index contributed by atoms with van der Waals surface area (Å²) in [4.78, 5) is 19.9. The Balaban J connectivity index is 1.86. The van der Waals surface area contributed by atoms with Crippen molar-refractivity contribution in [2.75, 3.05) is 17.7 Å². The Labute approximate surface area is 150 Å². The van der Waals surface area contributed by atoms with Crippen molar-refractivity contribution in [3.05, 3.63) is 65.9 Å². The van der Waals surface area contributed by atoms with Crippen LogP contribution in [0.2, 0.25) is 0 Å². The summed E-state index contributed by atoms with van der Waals surface area (Å²) in [7, 11) is 1.59. The van der Waals surface area contributed by atoms with E-state index in [9.17, 15) is 9.90 Å². The summed E-state index contributed by atoms with van der Waals surface area (Å²) in [6.45, 7) is 1.98. The van der Waals surface area contributed by atoms with E-state index in [0.717, 1.165) is 11.3 Å². The lowest BCUT2D eigenvalue weighted by Crippen LogP contribution is -2.05. The molecule has 0 fully saturated rings. The quantitative estimate of drug-likeness (QED) is 0.619. The first-order chi connectivity index (χ1) is 12.6. The Morgan fingerprint density at radius 3 is 2.65 bits per heavy atom. The molecule has 3 aromatic rings. The van der Waals surface area contributed by atoms with Crippen LogP contribution in [0.3, 0.4) is 0 Å². The number of carbonyl (C=O) groups is 1. The van der Waals surface area contributed by atoms with Gasteiger partial charge in [-0.15, -0.1) is 0 Å². The van der Waals surface area contributed by atoms with Gasteiger partial charge in [0, 0.05) is 6.20 Å². The zero-order valence-corrected chi connectivity index (χ0v) is 14.4. The molecule has 3 N–H and O–H groups in total. The molecule has 0 atom stereocenters. The molecule has 7 nitrogen and oxygen atoms in total. The Hall–Kier alpha value is -3.61. The average molecular weight is 350 g/mol. The molecule has 1 aromatic heterocycles. The van der Waals surface area contributed by atoms with Crippen LogP contribution < -0.4 is 15.4 Å². The summed E-state index contributed by atoms with van der Waals surface area (Å²) < 4.78 is 5.34. The maximum Gasteiger partial charge on any atom is 0.337 e. The van der Waals surface area contributed by atoms with Gasteiger partial charge < -0.3 is 20.5 Å². The van der Waals surface area contributed by atoms with Crippen LogP contribution in [0.4, 0.5) is 23.1 Å². The monoisotopic (exact) mass is 350 g/mol. The standard InChI is InChI=1S/C19H18N4O3/c1-12-7-8-16(26-2)15(11-12)22-19-20-10-9-17(23-19)21-14-6-4-3-5-13(14)18(24)25/h3-11H,1-2H3,(H,24,25)(H2,20,21,22,23). The first-order valence-corrected chi connectivity index (χ1v) is 7.91. The molecule has 132 valence electrons. The molecule has 0 aliphatic rings. The van der Waals surface area contributed by atoms with Gasteiger partial charge in [-0.3, -0.25) is 0 Å². The van der Waals surface area contributed by atoms with E-state index in [1.165, 1.54) is 6.07 Å². The third-order valence-corrected chi connectivity index (χ3v) is 3.68. The van der Waals surface area contributed by atoms with Gasteiger partial charge in [-0.1, -0.05) is 18.2 Å². The maximum absolute atomic E-state index is 11.3. The third-order valence-electron chi connectivity index (χ3n) is 3.68. The van der Waals surface area contributed by atoms with Crippen LogP contribution in [0.5, 0.6) is 5.75 Å². The minimum absolute atomic E-state index is 0.168. The third kappa shape index (κ3) is 3.89. The summed E-state index contributed by atoms with van der Waals surface area (Å²) >= 11 is 0. The van der Waals surface area contributed by atoms with Crippen molar-refractivity contribution in [2.45, 2.75) is 6.92 Å². The number of methoxy groups -OCH3 is 1. The van der Waals surface area contributed by atoms with Crippen molar-refractivity contribution in [3.8, 4) is 5.75 Å². The Kier molecular flexibility index (Phi) is 4.98. The van der Waals surface area contributed by atoms with Crippen molar-refractivity contribution in [1.82, 2.24) is 9.97 Å². The molecular weight excluding hydrogens is 332 g/mol. The molecule has 0 spiro atoms. The highest BCUT2D eigenvalue weighted by Crippen LogP contribution is 2.28. The number of hydrogen-bond donors (Lipinski definition) is 3. The molecule has 1 heterocycles. The van der Waals surface area contributed by atoms with E-state index in [1.54, 1.807) is 37.6 Å². The lowest BCUT2D eigenvalue weighted by molar-refractivity contribution is 0.0698. The number of nitrogens with zero attached hydrogens (tertiary/aromatic N) is 2. The zero-order chi connectivity index (χ0) is 18.5. The number of para-hydroxylation sites is 1. The van der Waals surface area contributed by atoms with Crippen LogP contribution in [-0.2, 0) is 0 Å². The fraction of sp³-hybridized carbons (Fsp3) is 0.105. The first-order valence-electron chi connectivity index (χ1n) is 7.91. The number of ether oxygens (including phenoxy) is 1. The van der Waals surface area contributed by atoms with Gasteiger partial charge in [0.2, 0.25) is 5.95 Å². The van der Waals surface area contributed by atoms with Crippen LogP contribution in [0.25, 0.3) is 0 Å². The smallest absolute Gasteiger partial charge is 0.337 e. The predicted molar refractivity (Wildman–Crippen MR) is 99.7 cm³/mol. The van der Waals surface area contributed by atoms with Crippen molar-refractivity contribution in [3.63, 3.8) is 0 Å². The number of benzene rings is 2. The molecule has 0 unspecified atom stereocenters. The number of nitrogens with one attached hydrogen (secondary N) is 2. The molecule has 7 heteroatoms. The van der Waals surface area contributed by atoms with Gasteiger partial charge in [0.1, 0.15) is 11.6 Å². The van der Waals surface area contributed by atoms with E-state index < -0.39 is 5.97 Å². The second-order valence-electron chi connectivity index (χ2n) is 5.57. The number of aromatic nitrogens is 2. The van der Waals surface area contributed by atoms with Crippen molar-refractivity contribution in [2.24, 2.45) is 0 Å². The molecule has 3 rings (SSSR count). The van der Waals surface area contributed by atoms with E-state index in [-0.39, 0.29) is 5.56 Å². The number of hydrogen-bond acceptors (Lipinski definition) is 6. The van der Waals surface area contributed by atoms with Gasteiger partial charge in [0.25, 0.3) is 0 Å². The number of aryl methyl sites for hydroxylation is 1. The highest BCUT2D eigenvalue weighted by molar-refractivity contribution is 5.95. The Bertz CT molecular complexity index is 944. The van der Waals surface area contributed by atoms with Crippen LogP contribution in [-0.4, -0.2) is 28.2 Å². The lowest BCUT2D eigenvalue weighted by atomic mass is 10.2. The lowest BCUT2D eigenvalue weighted by Gasteiger charge is -2.12. The van der Waals surface area contributed by atoms with Crippen molar-refractivity contribution >= 4 is 29.1 Å². The predicted octanol–water partition coefficient (Wildman–Crippen LogP) is 3.98. The van der Waals surface area contributed by atoms with Gasteiger partial charge in [-0.25, -0.2) is 9.78 Å². The fourth-order valence-electron chi connectivity index (χ4n) is 2.45. The van der Waals surface area contributed by atoms with Gasteiger partial charge in [0.05, 0.1) is 24.0 Å². The van der Waals surface area contributed by atoms with E-state index in [2.05, 4.69) is 20.6 Å². The number of anilines is 4. The molecule has 0 amide bonds. The largest absolute Gasteiger partial charge is 0.495 e. The summed E-state index contributed by atoms with van der Waals surface area (Å²) in [5.41, 5.74) is 2.44. The topological polar surface area (TPSA) is 96.4 Å². The molecule has 0 saturated heterocycles. The minimum Gasteiger partial charge on any atom is -0.495 e. The number of carboxylic acids is 1. The van der Waals surface area contributed by atoms with Crippen LogP contribution >= 0.6 is 0 Å². The van der Waals surface area contributed by atoms with Gasteiger partial charge >= 0.3 is 5.97 Å². The number of carboxylic acid groups (broad SMARTS) is 1. The minimum atomic E-state index is -1.01. The molecule has 0 radical (unpaired) electrons.